The summed E-state index contributed by atoms with van der Waals surface area (Å²) in [6, 6.07) is 12.2. The fourth-order valence-corrected chi connectivity index (χ4v) is 4.47. The number of anilines is 1. The third-order valence-electron chi connectivity index (χ3n) is 4.61. The van der Waals surface area contributed by atoms with E-state index in [1.54, 1.807) is 6.07 Å². The number of sulfonamides is 1. The molecule has 6 nitrogen and oxygen atoms in total. The SMILES string of the molecule is CCOc1cccc(CNC(=O)[C@H](CC)N(c2cc(C)ccc2C)S(C)(=O)=O)c1. The first-order valence-corrected chi connectivity index (χ1v) is 11.6. The maximum atomic E-state index is 13.0. The van der Waals surface area contributed by atoms with E-state index in [1.807, 2.05) is 64.1 Å². The van der Waals surface area contributed by atoms with E-state index < -0.39 is 16.1 Å². The number of carbonyl (C=O) groups is 1. The Morgan fingerprint density at radius 3 is 2.48 bits per heavy atom. The van der Waals surface area contributed by atoms with Crippen molar-refractivity contribution < 1.29 is 17.9 Å². The largest absolute Gasteiger partial charge is 0.494 e. The van der Waals surface area contributed by atoms with Crippen LogP contribution in [0.3, 0.4) is 0 Å². The van der Waals surface area contributed by atoms with Gasteiger partial charge >= 0.3 is 0 Å². The minimum absolute atomic E-state index is 0.292. The van der Waals surface area contributed by atoms with Crippen LogP contribution in [0.15, 0.2) is 42.5 Å². The number of nitrogens with zero attached hydrogens (tertiary/aromatic N) is 1. The molecule has 1 amide bonds. The number of rotatable bonds is 9. The molecule has 2 aromatic carbocycles. The molecule has 0 aromatic heterocycles. The van der Waals surface area contributed by atoms with Crippen molar-refractivity contribution in [3.8, 4) is 5.75 Å². The zero-order chi connectivity index (χ0) is 21.6. The Bertz CT molecular complexity index is 957. The third kappa shape index (κ3) is 5.97. The number of ether oxygens (including phenoxy) is 1. The van der Waals surface area contributed by atoms with Crippen molar-refractivity contribution in [2.45, 2.75) is 46.7 Å². The van der Waals surface area contributed by atoms with E-state index >= 15 is 0 Å². The monoisotopic (exact) mass is 418 g/mol. The smallest absolute Gasteiger partial charge is 0.244 e. The number of amides is 1. The summed E-state index contributed by atoms with van der Waals surface area (Å²) in [5, 5.41) is 2.88. The van der Waals surface area contributed by atoms with Crippen LogP contribution in [0.1, 0.15) is 37.0 Å². The van der Waals surface area contributed by atoms with Crippen LogP contribution in [0.2, 0.25) is 0 Å². The van der Waals surface area contributed by atoms with Gasteiger partial charge in [-0.1, -0.05) is 31.2 Å². The summed E-state index contributed by atoms with van der Waals surface area (Å²) in [7, 11) is -3.66. The van der Waals surface area contributed by atoms with Crippen LogP contribution < -0.4 is 14.4 Å². The molecule has 2 aromatic rings. The molecular formula is C22H30N2O4S. The molecule has 0 saturated heterocycles. The van der Waals surface area contributed by atoms with Crippen molar-refractivity contribution in [3.63, 3.8) is 0 Å². The Morgan fingerprint density at radius 1 is 1.14 bits per heavy atom. The fourth-order valence-electron chi connectivity index (χ4n) is 3.21. The van der Waals surface area contributed by atoms with E-state index in [-0.39, 0.29) is 5.91 Å². The van der Waals surface area contributed by atoms with Crippen molar-refractivity contribution in [2.75, 3.05) is 17.2 Å². The molecule has 2 rings (SSSR count). The van der Waals surface area contributed by atoms with Gasteiger partial charge in [-0.05, 0) is 62.1 Å². The highest BCUT2D eigenvalue weighted by Crippen LogP contribution is 2.27. The number of hydrogen-bond acceptors (Lipinski definition) is 4. The van der Waals surface area contributed by atoms with Gasteiger partial charge in [0.25, 0.3) is 0 Å². The Hall–Kier alpha value is -2.54. The van der Waals surface area contributed by atoms with Gasteiger partial charge in [-0.3, -0.25) is 9.10 Å². The second-order valence-electron chi connectivity index (χ2n) is 7.07. The predicted molar refractivity (Wildman–Crippen MR) is 117 cm³/mol. The highest BCUT2D eigenvalue weighted by atomic mass is 32.2. The molecule has 29 heavy (non-hydrogen) atoms. The number of carbonyl (C=O) groups excluding carboxylic acids is 1. The topological polar surface area (TPSA) is 75.7 Å². The van der Waals surface area contributed by atoms with Crippen LogP contribution in [0.5, 0.6) is 5.75 Å². The van der Waals surface area contributed by atoms with Gasteiger partial charge in [0, 0.05) is 6.54 Å². The molecule has 158 valence electrons. The maximum Gasteiger partial charge on any atom is 0.244 e. The van der Waals surface area contributed by atoms with Gasteiger partial charge < -0.3 is 10.1 Å². The van der Waals surface area contributed by atoms with Crippen molar-refractivity contribution in [1.82, 2.24) is 5.32 Å². The van der Waals surface area contributed by atoms with E-state index in [9.17, 15) is 13.2 Å². The van der Waals surface area contributed by atoms with Gasteiger partial charge in [0.1, 0.15) is 11.8 Å². The molecule has 0 aliphatic rings. The molecular weight excluding hydrogens is 388 g/mol. The highest BCUT2D eigenvalue weighted by molar-refractivity contribution is 7.92. The van der Waals surface area contributed by atoms with E-state index in [0.29, 0.717) is 25.3 Å². The molecule has 1 atom stereocenters. The van der Waals surface area contributed by atoms with Crippen molar-refractivity contribution >= 4 is 21.6 Å². The Kier molecular flexibility index (Phi) is 7.67. The second kappa shape index (κ2) is 9.78. The fraction of sp³-hybridized carbons (Fsp3) is 0.409. The summed E-state index contributed by atoms with van der Waals surface area (Å²) in [4.78, 5) is 13.0. The molecule has 0 fully saturated rings. The molecule has 0 spiro atoms. The van der Waals surface area contributed by atoms with Crippen LogP contribution in [0.4, 0.5) is 5.69 Å². The minimum Gasteiger partial charge on any atom is -0.494 e. The average molecular weight is 419 g/mol. The highest BCUT2D eigenvalue weighted by Gasteiger charge is 2.32. The molecule has 0 saturated carbocycles. The first-order chi connectivity index (χ1) is 13.7. The molecule has 0 bridgehead atoms. The zero-order valence-electron chi connectivity index (χ0n) is 17.7. The maximum absolute atomic E-state index is 13.0. The van der Waals surface area contributed by atoms with Crippen LogP contribution >= 0.6 is 0 Å². The number of nitrogens with one attached hydrogen (secondary N) is 1. The quantitative estimate of drug-likeness (QED) is 0.676. The third-order valence-corrected chi connectivity index (χ3v) is 5.77. The van der Waals surface area contributed by atoms with E-state index in [2.05, 4.69) is 5.32 Å². The first-order valence-electron chi connectivity index (χ1n) is 9.73. The summed E-state index contributed by atoms with van der Waals surface area (Å²) in [5.74, 6) is 0.403. The molecule has 0 radical (unpaired) electrons. The summed E-state index contributed by atoms with van der Waals surface area (Å²) >= 11 is 0. The lowest BCUT2D eigenvalue weighted by atomic mass is 10.1. The lowest BCUT2D eigenvalue weighted by Crippen LogP contribution is -2.49. The summed E-state index contributed by atoms with van der Waals surface area (Å²) in [5.41, 5.74) is 3.16. The molecule has 1 N–H and O–H groups in total. The molecule has 0 aliphatic carbocycles. The van der Waals surface area contributed by atoms with Crippen LogP contribution in [0, 0.1) is 13.8 Å². The molecule has 0 unspecified atom stereocenters. The Balaban J connectivity index is 2.27. The van der Waals surface area contributed by atoms with Crippen molar-refractivity contribution in [3.05, 3.63) is 59.2 Å². The minimum atomic E-state index is -3.66. The summed E-state index contributed by atoms with van der Waals surface area (Å²) in [6.07, 6.45) is 1.49. The summed E-state index contributed by atoms with van der Waals surface area (Å²) < 4.78 is 32.0. The average Bonchev–Trinajstić information content (AvgIpc) is 2.66. The number of benzene rings is 2. The van der Waals surface area contributed by atoms with Gasteiger partial charge in [-0.2, -0.15) is 0 Å². The normalized spacial score (nSPS) is 12.3. The van der Waals surface area contributed by atoms with Crippen LogP contribution in [0.25, 0.3) is 0 Å². The van der Waals surface area contributed by atoms with E-state index in [4.69, 9.17) is 4.74 Å². The van der Waals surface area contributed by atoms with Crippen molar-refractivity contribution in [1.29, 1.82) is 0 Å². The molecule has 0 heterocycles. The standard InChI is InChI=1S/C22H30N2O4S/c1-6-20(22(25)23-15-18-9-8-10-19(14-18)28-7-2)24(29(5,26)27)21-13-16(3)11-12-17(21)4/h8-14,20H,6-7,15H2,1-5H3,(H,23,25)/t20-/m0/s1. The summed E-state index contributed by atoms with van der Waals surface area (Å²) in [6.45, 7) is 8.32. The predicted octanol–water partition coefficient (Wildman–Crippen LogP) is 3.56. The van der Waals surface area contributed by atoms with Gasteiger partial charge in [-0.15, -0.1) is 0 Å². The lowest BCUT2D eigenvalue weighted by molar-refractivity contribution is -0.122. The van der Waals surface area contributed by atoms with E-state index in [1.165, 1.54) is 4.31 Å². The van der Waals surface area contributed by atoms with Crippen LogP contribution in [-0.4, -0.2) is 33.2 Å². The molecule has 7 heteroatoms. The van der Waals surface area contributed by atoms with Crippen molar-refractivity contribution in [2.24, 2.45) is 0 Å². The van der Waals surface area contributed by atoms with Gasteiger partial charge in [-0.25, -0.2) is 8.42 Å². The van der Waals surface area contributed by atoms with Crippen LogP contribution in [-0.2, 0) is 21.4 Å². The zero-order valence-corrected chi connectivity index (χ0v) is 18.5. The Morgan fingerprint density at radius 2 is 1.86 bits per heavy atom. The number of aryl methyl sites for hydroxylation is 2. The van der Waals surface area contributed by atoms with Gasteiger partial charge in [0.15, 0.2) is 0 Å². The van der Waals surface area contributed by atoms with Gasteiger partial charge in [0.05, 0.1) is 18.6 Å². The Labute approximate surface area is 173 Å². The second-order valence-corrected chi connectivity index (χ2v) is 8.93. The molecule has 0 aliphatic heterocycles. The van der Waals surface area contributed by atoms with E-state index in [0.717, 1.165) is 28.7 Å². The first kappa shape index (κ1) is 22.7. The number of hydrogen-bond donors (Lipinski definition) is 1. The van der Waals surface area contributed by atoms with Gasteiger partial charge in [0.2, 0.25) is 15.9 Å². The lowest BCUT2D eigenvalue weighted by Gasteiger charge is -2.31.